The average Bonchev–Trinajstić information content (AvgIpc) is 3.20. The minimum atomic E-state index is -0.217. The zero-order valence-corrected chi connectivity index (χ0v) is 19.3. The van der Waals surface area contributed by atoms with Crippen molar-refractivity contribution in [3.8, 4) is 0 Å². The number of rotatable bonds is 0. The van der Waals surface area contributed by atoms with Crippen LogP contribution < -0.4 is 0 Å². The van der Waals surface area contributed by atoms with E-state index in [4.69, 9.17) is 0 Å². The Morgan fingerprint density at radius 2 is 0.758 bits per heavy atom. The fourth-order valence-corrected chi connectivity index (χ4v) is 3.36. The lowest BCUT2D eigenvalue weighted by Crippen LogP contribution is -2.24. The van der Waals surface area contributed by atoms with E-state index in [0.717, 1.165) is 20.6 Å². The van der Waals surface area contributed by atoms with Crippen LogP contribution in [-0.2, 0) is 0 Å². The summed E-state index contributed by atoms with van der Waals surface area (Å²) in [5.41, 5.74) is 2.02. The zero-order chi connectivity index (χ0) is 24.0. The first-order valence-corrected chi connectivity index (χ1v) is 10.7. The number of fused-ring (bicyclic) bond motifs is 3. The number of carbonyl (C=O) groups is 4. The molecule has 2 heterocycles. The number of hydrogen-bond acceptors (Lipinski definition) is 4. The maximum absolute atomic E-state index is 11.8. The van der Waals surface area contributed by atoms with E-state index in [9.17, 15) is 19.2 Å². The fourth-order valence-electron chi connectivity index (χ4n) is 3.36. The van der Waals surface area contributed by atoms with Gasteiger partial charge in [0.2, 0.25) is 0 Å². The minimum Gasteiger partial charge on any atom is -0.277 e. The molecule has 0 fully saturated rings. The average molecular weight is 449 g/mol. The molecule has 6 nitrogen and oxygen atoms in total. The van der Waals surface area contributed by atoms with Crippen LogP contribution in [0.25, 0.3) is 10.8 Å². The molecule has 0 N–H and O–H groups in total. The van der Waals surface area contributed by atoms with E-state index in [1.54, 1.807) is 36.4 Å². The van der Waals surface area contributed by atoms with Gasteiger partial charge in [-0.3, -0.25) is 29.0 Å². The largest absolute Gasteiger partial charge is 0.277 e. The van der Waals surface area contributed by atoms with E-state index in [-0.39, 0.29) is 31.1 Å². The van der Waals surface area contributed by atoms with Crippen molar-refractivity contribution in [1.82, 2.24) is 9.80 Å². The Kier molecular flexibility index (Phi) is 9.67. The molecule has 0 unspecified atom stereocenters. The highest BCUT2D eigenvalue weighted by Gasteiger charge is 2.33. The number of carbonyl (C=O) groups excluding carboxylic acids is 4. The van der Waals surface area contributed by atoms with Gasteiger partial charge in [-0.05, 0) is 35.0 Å². The molecule has 0 spiro atoms. The first-order valence-electron chi connectivity index (χ1n) is 10.7. The van der Waals surface area contributed by atoms with Crippen LogP contribution in [0.4, 0.5) is 0 Å². The summed E-state index contributed by atoms with van der Waals surface area (Å²) in [5.74, 6) is -0.859. The second kappa shape index (κ2) is 11.7. The summed E-state index contributed by atoms with van der Waals surface area (Å²) in [4.78, 5) is 48.4. The maximum atomic E-state index is 11.8. The van der Waals surface area contributed by atoms with Gasteiger partial charge < -0.3 is 0 Å². The molecule has 0 radical (unpaired) electrons. The Balaban J connectivity index is 0.000000287. The van der Waals surface area contributed by atoms with Crippen LogP contribution in [0, 0.1) is 0 Å². The van der Waals surface area contributed by atoms with Crippen molar-refractivity contribution in [2.75, 3.05) is 14.1 Å². The molecule has 0 aromatic heterocycles. The van der Waals surface area contributed by atoms with Gasteiger partial charge in [-0.1, -0.05) is 71.5 Å². The Bertz CT molecular complexity index is 1090. The van der Waals surface area contributed by atoms with Gasteiger partial charge in [0, 0.05) is 14.1 Å². The predicted molar refractivity (Wildman–Crippen MR) is 133 cm³/mol. The van der Waals surface area contributed by atoms with Crippen molar-refractivity contribution >= 4 is 34.4 Å². The molecule has 2 aliphatic heterocycles. The van der Waals surface area contributed by atoms with Gasteiger partial charge in [0.1, 0.15) is 0 Å². The van der Waals surface area contributed by atoms with Crippen molar-refractivity contribution < 1.29 is 19.2 Å². The molecule has 6 heteroatoms. The van der Waals surface area contributed by atoms with Crippen molar-refractivity contribution in [3.05, 3.63) is 82.9 Å². The monoisotopic (exact) mass is 448 g/mol. The van der Waals surface area contributed by atoms with E-state index in [1.165, 1.54) is 14.1 Å². The fraction of sp³-hybridized carbons (Fsp3) is 0.259. The topological polar surface area (TPSA) is 74.8 Å². The SMILES string of the molecule is C.CC.CC.CN1C(=O)c2cc3ccccc3cc2C1=O.CN1C(=O)c2ccccc2C1=O. The lowest BCUT2D eigenvalue weighted by Gasteiger charge is -2.02. The summed E-state index contributed by atoms with van der Waals surface area (Å²) >= 11 is 0. The molecule has 5 rings (SSSR count). The van der Waals surface area contributed by atoms with Gasteiger partial charge in [0.25, 0.3) is 23.6 Å². The normalized spacial score (nSPS) is 13.0. The van der Waals surface area contributed by atoms with Crippen LogP contribution in [0.15, 0.2) is 60.7 Å². The second-order valence-electron chi connectivity index (χ2n) is 6.63. The minimum absolute atomic E-state index is 0. The van der Waals surface area contributed by atoms with Crippen LogP contribution in [0.2, 0.25) is 0 Å². The van der Waals surface area contributed by atoms with Gasteiger partial charge in [-0.15, -0.1) is 0 Å². The zero-order valence-electron chi connectivity index (χ0n) is 19.3. The molecule has 33 heavy (non-hydrogen) atoms. The standard InChI is InChI=1S/C13H9NO2.C9H7NO2.2C2H6.CH4/c1-14-12(15)10-6-8-4-2-3-5-9(8)7-11(10)13(14)16;1-10-8(11)6-4-2-3-5-7(6)9(10)12;2*1-2;/h2-7H,1H3;2-5H,1H3;2*1-2H3;1H4. The number of amides is 4. The first kappa shape index (κ1) is 27.2. The summed E-state index contributed by atoms with van der Waals surface area (Å²) < 4.78 is 0. The number of nitrogens with zero attached hydrogens (tertiary/aromatic N) is 2. The number of benzene rings is 3. The molecule has 3 aromatic carbocycles. The molecule has 0 saturated heterocycles. The van der Waals surface area contributed by atoms with Crippen molar-refractivity contribution in [2.24, 2.45) is 0 Å². The van der Waals surface area contributed by atoms with Crippen molar-refractivity contribution in [3.63, 3.8) is 0 Å². The van der Waals surface area contributed by atoms with E-state index in [0.29, 0.717) is 22.3 Å². The van der Waals surface area contributed by atoms with Gasteiger partial charge in [0.15, 0.2) is 0 Å². The molecule has 0 aliphatic carbocycles. The third kappa shape index (κ3) is 5.00. The van der Waals surface area contributed by atoms with E-state index >= 15 is 0 Å². The van der Waals surface area contributed by atoms with Gasteiger partial charge in [-0.25, -0.2) is 0 Å². The highest BCUT2D eigenvalue weighted by Crippen LogP contribution is 2.26. The molecular formula is C27H32N2O4. The smallest absolute Gasteiger partial charge is 0.261 e. The summed E-state index contributed by atoms with van der Waals surface area (Å²) in [5, 5.41) is 1.97. The van der Waals surface area contributed by atoms with Gasteiger partial charge in [0.05, 0.1) is 22.3 Å². The molecular weight excluding hydrogens is 416 g/mol. The molecule has 174 valence electrons. The molecule has 0 atom stereocenters. The Morgan fingerprint density at radius 3 is 1.09 bits per heavy atom. The molecule has 3 aromatic rings. The molecule has 0 saturated carbocycles. The Hall–Kier alpha value is -3.80. The quantitative estimate of drug-likeness (QED) is 0.416. The third-order valence-electron chi connectivity index (χ3n) is 4.95. The van der Waals surface area contributed by atoms with Gasteiger partial charge in [-0.2, -0.15) is 0 Å². The lowest BCUT2D eigenvalue weighted by atomic mass is 10.0. The first-order chi connectivity index (χ1) is 15.4. The van der Waals surface area contributed by atoms with E-state index in [2.05, 4.69) is 0 Å². The van der Waals surface area contributed by atoms with Crippen LogP contribution in [-0.4, -0.2) is 47.5 Å². The van der Waals surface area contributed by atoms with Crippen LogP contribution in [0.5, 0.6) is 0 Å². The van der Waals surface area contributed by atoms with E-state index in [1.807, 2.05) is 52.0 Å². The lowest BCUT2D eigenvalue weighted by molar-refractivity contribution is 0.0678. The molecule has 0 bridgehead atoms. The number of hydrogen-bond donors (Lipinski definition) is 0. The van der Waals surface area contributed by atoms with Crippen molar-refractivity contribution in [1.29, 1.82) is 0 Å². The maximum Gasteiger partial charge on any atom is 0.261 e. The summed E-state index contributed by atoms with van der Waals surface area (Å²) in [6, 6.07) is 18.1. The van der Waals surface area contributed by atoms with Crippen LogP contribution >= 0.6 is 0 Å². The van der Waals surface area contributed by atoms with Gasteiger partial charge >= 0.3 is 0 Å². The van der Waals surface area contributed by atoms with Crippen molar-refractivity contribution in [2.45, 2.75) is 35.1 Å². The Morgan fingerprint density at radius 1 is 0.485 bits per heavy atom. The summed E-state index contributed by atoms with van der Waals surface area (Å²) in [6.07, 6.45) is 0. The number of imide groups is 2. The highest BCUT2D eigenvalue weighted by atomic mass is 16.2. The summed E-state index contributed by atoms with van der Waals surface area (Å²) in [6.45, 7) is 8.00. The Labute approximate surface area is 195 Å². The second-order valence-corrected chi connectivity index (χ2v) is 6.63. The molecule has 2 aliphatic rings. The highest BCUT2D eigenvalue weighted by molar-refractivity contribution is 6.23. The predicted octanol–water partition coefficient (Wildman–Crippen LogP) is 5.67. The molecule has 4 amide bonds. The third-order valence-corrected chi connectivity index (χ3v) is 4.95. The van der Waals surface area contributed by atoms with E-state index < -0.39 is 0 Å². The van der Waals surface area contributed by atoms with Crippen LogP contribution in [0.3, 0.4) is 0 Å². The van der Waals surface area contributed by atoms with Crippen LogP contribution in [0.1, 0.15) is 76.6 Å². The summed E-state index contributed by atoms with van der Waals surface area (Å²) in [7, 11) is 3.00.